The molecule has 0 unspecified atom stereocenters. The molecular weight excluding hydrogens is 303 g/mol. The highest BCUT2D eigenvalue weighted by Crippen LogP contribution is 2.35. The van der Waals surface area contributed by atoms with Gasteiger partial charge in [0.25, 0.3) is 5.91 Å². The summed E-state index contributed by atoms with van der Waals surface area (Å²) in [5, 5.41) is 0. The predicted molar refractivity (Wildman–Crippen MR) is 82.6 cm³/mol. The normalized spacial score (nSPS) is 14.5. The van der Waals surface area contributed by atoms with Crippen LogP contribution in [0.5, 0.6) is 0 Å². The van der Waals surface area contributed by atoms with Crippen molar-refractivity contribution < 1.29 is 18.0 Å². The molecule has 0 atom stereocenters. The van der Waals surface area contributed by atoms with Crippen molar-refractivity contribution in [3.05, 3.63) is 64.7 Å². The second-order valence-corrected chi connectivity index (χ2v) is 5.77. The van der Waals surface area contributed by atoms with Gasteiger partial charge in [-0.3, -0.25) is 4.79 Å². The number of fused-ring (bicyclic) bond motifs is 1. The van der Waals surface area contributed by atoms with Gasteiger partial charge in [-0.15, -0.1) is 0 Å². The summed E-state index contributed by atoms with van der Waals surface area (Å²) < 4.78 is 38.5. The van der Waals surface area contributed by atoms with Crippen molar-refractivity contribution in [1.82, 2.24) is 0 Å². The summed E-state index contributed by atoms with van der Waals surface area (Å²) >= 11 is 0. The fourth-order valence-electron chi connectivity index (χ4n) is 2.92. The van der Waals surface area contributed by atoms with Crippen LogP contribution in [0.15, 0.2) is 42.5 Å². The maximum atomic E-state index is 12.8. The van der Waals surface area contributed by atoms with Gasteiger partial charge < -0.3 is 4.90 Å². The number of anilines is 1. The van der Waals surface area contributed by atoms with E-state index in [1.54, 1.807) is 23.1 Å². The quantitative estimate of drug-likeness (QED) is 0.752. The molecule has 120 valence electrons. The minimum Gasteiger partial charge on any atom is -0.308 e. The van der Waals surface area contributed by atoms with E-state index in [9.17, 15) is 18.0 Å². The van der Waals surface area contributed by atoms with Gasteiger partial charge in [0, 0.05) is 17.8 Å². The Morgan fingerprint density at radius 1 is 1.13 bits per heavy atom. The lowest BCUT2D eigenvalue weighted by atomic mass is 9.98. The zero-order valence-corrected chi connectivity index (χ0v) is 12.7. The molecule has 3 rings (SSSR count). The third kappa shape index (κ3) is 3.09. The Hall–Kier alpha value is -2.30. The second-order valence-electron chi connectivity index (χ2n) is 5.77. The summed E-state index contributed by atoms with van der Waals surface area (Å²) in [5.74, 6) is -0.172. The molecule has 2 nitrogen and oxygen atoms in total. The van der Waals surface area contributed by atoms with Gasteiger partial charge in [0.1, 0.15) is 0 Å². The van der Waals surface area contributed by atoms with Crippen molar-refractivity contribution in [3.8, 4) is 0 Å². The van der Waals surface area contributed by atoms with E-state index in [0.717, 1.165) is 17.7 Å². The molecular formula is C18H16F3NO. The smallest absolute Gasteiger partial charge is 0.308 e. The number of hydrogen-bond acceptors (Lipinski definition) is 1. The highest BCUT2D eigenvalue weighted by Gasteiger charge is 2.32. The van der Waals surface area contributed by atoms with E-state index in [-0.39, 0.29) is 5.91 Å². The van der Waals surface area contributed by atoms with Gasteiger partial charge in [0.05, 0.1) is 5.56 Å². The van der Waals surface area contributed by atoms with Gasteiger partial charge in [-0.25, -0.2) is 0 Å². The Morgan fingerprint density at radius 3 is 2.61 bits per heavy atom. The molecule has 0 saturated heterocycles. The largest absolute Gasteiger partial charge is 0.416 e. The number of aryl methyl sites for hydroxylation is 2. The van der Waals surface area contributed by atoms with E-state index in [1.807, 2.05) is 13.0 Å². The van der Waals surface area contributed by atoms with Gasteiger partial charge in [-0.05, 0) is 55.7 Å². The first-order valence-corrected chi connectivity index (χ1v) is 7.45. The molecule has 0 N–H and O–H groups in total. The lowest BCUT2D eigenvalue weighted by Gasteiger charge is -2.30. The van der Waals surface area contributed by atoms with Crippen molar-refractivity contribution in [2.75, 3.05) is 11.4 Å². The van der Waals surface area contributed by atoms with E-state index in [2.05, 4.69) is 0 Å². The molecule has 23 heavy (non-hydrogen) atoms. The maximum Gasteiger partial charge on any atom is 0.416 e. The first-order chi connectivity index (χ1) is 10.9. The number of benzene rings is 2. The average Bonchev–Trinajstić information content (AvgIpc) is 2.52. The Labute approximate surface area is 132 Å². The van der Waals surface area contributed by atoms with Crippen LogP contribution in [-0.4, -0.2) is 12.5 Å². The van der Waals surface area contributed by atoms with Crippen LogP contribution in [0.25, 0.3) is 0 Å². The van der Waals surface area contributed by atoms with Crippen molar-refractivity contribution in [3.63, 3.8) is 0 Å². The molecule has 0 radical (unpaired) electrons. The zero-order valence-electron chi connectivity index (χ0n) is 12.7. The summed E-state index contributed by atoms with van der Waals surface area (Å²) in [5.41, 5.74) is 2.02. The van der Waals surface area contributed by atoms with E-state index in [4.69, 9.17) is 0 Å². The fourth-order valence-corrected chi connectivity index (χ4v) is 2.92. The molecule has 2 aromatic rings. The van der Waals surface area contributed by atoms with Crippen molar-refractivity contribution in [2.45, 2.75) is 25.9 Å². The molecule has 2 aromatic carbocycles. The fraction of sp³-hybridized carbons (Fsp3) is 0.278. The number of carbonyl (C=O) groups is 1. The van der Waals surface area contributed by atoms with Crippen molar-refractivity contribution in [1.29, 1.82) is 0 Å². The van der Waals surface area contributed by atoms with Gasteiger partial charge in [-0.2, -0.15) is 13.2 Å². The number of carbonyl (C=O) groups excluding carboxylic acids is 1. The Morgan fingerprint density at radius 2 is 1.91 bits per heavy atom. The minimum absolute atomic E-state index is 0.172. The highest BCUT2D eigenvalue weighted by molar-refractivity contribution is 6.06. The molecule has 0 aromatic heterocycles. The third-order valence-electron chi connectivity index (χ3n) is 4.04. The van der Waals surface area contributed by atoms with Gasteiger partial charge >= 0.3 is 6.18 Å². The predicted octanol–water partition coefficient (Wildman–Crippen LogP) is 4.61. The standard InChI is InChI=1S/C18H16F3NO/c1-12-4-2-5-14(10-12)17(23)22-9-3-6-13-11-15(18(19,20)21)7-8-16(13)22/h2,4-5,7-8,10-11H,3,6,9H2,1H3. The summed E-state index contributed by atoms with van der Waals surface area (Å²) in [4.78, 5) is 14.3. The average molecular weight is 319 g/mol. The van der Waals surface area contributed by atoms with Crippen LogP contribution in [0, 0.1) is 6.92 Å². The molecule has 1 aliphatic rings. The Kier molecular flexibility index (Phi) is 3.88. The van der Waals surface area contributed by atoms with Crippen LogP contribution in [0.3, 0.4) is 0 Å². The molecule has 1 heterocycles. The monoisotopic (exact) mass is 319 g/mol. The number of rotatable bonds is 1. The van der Waals surface area contributed by atoms with E-state index < -0.39 is 11.7 Å². The number of alkyl halides is 3. The number of halogens is 3. The summed E-state index contributed by atoms with van der Waals surface area (Å²) in [7, 11) is 0. The number of amides is 1. The van der Waals surface area contributed by atoms with Gasteiger partial charge in [0.15, 0.2) is 0 Å². The second kappa shape index (κ2) is 5.72. The van der Waals surface area contributed by atoms with E-state index >= 15 is 0 Å². The molecule has 0 saturated carbocycles. The molecule has 1 amide bonds. The minimum atomic E-state index is -4.36. The first-order valence-electron chi connectivity index (χ1n) is 7.45. The lowest BCUT2D eigenvalue weighted by molar-refractivity contribution is -0.137. The van der Waals surface area contributed by atoms with Crippen molar-refractivity contribution >= 4 is 11.6 Å². The number of nitrogens with zero attached hydrogens (tertiary/aromatic N) is 1. The molecule has 0 spiro atoms. The maximum absolute atomic E-state index is 12.8. The van der Waals surface area contributed by atoms with Crippen LogP contribution in [-0.2, 0) is 12.6 Å². The summed E-state index contributed by atoms with van der Waals surface area (Å²) in [6, 6.07) is 10.8. The highest BCUT2D eigenvalue weighted by atomic mass is 19.4. The lowest BCUT2D eigenvalue weighted by Crippen LogP contribution is -2.35. The van der Waals surface area contributed by atoms with E-state index in [1.165, 1.54) is 6.07 Å². The zero-order chi connectivity index (χ0) is 16.6. The Balaban J connectivity index is 1.97. The molecule has 1 aliphatic heterocycles. The van der Waals surface area contributed by atoms with Crippen LogP contribution in [0.1, 0.15) is 33.5 Å². The molecule has 0 aliphatic carbocycles. The molecule has 0 bridgehead atoms. The van der Waals surface area contributed by atoms with Gasteiger partial charge in [-0.1, -0.05) is 17.7 Å². The summed E-state index contributed by atoms with van der Waals surface area (Å²) in [6.07, 6.45) is -3.15. The van der Waals surface area contributed by atoms with Crippen molar-refractivity contribution in [2.24, 2.45) is 0 Å². The topological polar surface area (TPSA) is 20.3 Å². The molecule has 5 heteroatoms. The first kappa shape index (κ1) is 15.6. The summed E-state index contributed by atoms with van der Waals surface area (Å²) in [6.45, 7) is 2.42. The van der Waals surface area contributed by atoms with Crippen LogP contribution < -0.4 is 4.90 Å². The van der Waals surface area contributed by atoms with Gasteiger partial charge in [0.2, 0.25) is 0 Å². The van der Waals surface area contributed by atoms with Crippen LogP contribution in [0.2, 0.25) is 0 Å². The van der Waals surface area contributed by atoms with Crippen LogP contribution in [0.4, 0.5) is 18.9 Å². The Bertz CT molecular complexity index is 752. The van der Waals surface area contributed by atoms with E-state index in [0.29, 0.717) is 36.2 Å². The molecule has 0 fully saturated rings. The SMILES string of the molecule is Cc1cccc(C(=O)N2CCCc3cc(C(F)(F)F)ccc32)c1. The number of hydrogen-bond donors (Lipinski definition) is 0. The van der Waals surface area contributed by atoms with Crippen LogP contribution >= 0.6 is 0 Å². The third-order valence-corrected chi connectivity index (χ3v) is 4.04.